The predicted molar refractivity (Wildman–Crippen MR) is 98.3 cm³/mol. The van der Waals surface area contributed by atoms with Gasteiger partial charge in [0, 0.05) is 45.9 Å². The molecule has 1 aliphatic heterocycles. The second-order valence-corrected chi connectivity index (χ2v) is 6.32. The largest absolute Gasteiger partial charge is 0.382 e. The lowest BCUT2D eigenvalue weighted by Crippen LogP contribution is -2.54. The molecule has 5 unspecified atom stereocenters. The van der Waals surface area contributed by atoms with Gasteiger partial charge in [-0.1, -0.05) is 0 Å². The molecule has 0 spiro atoms. The maximum Gasteiger partial charge on any atom is 0.163 e. The van der Waals surface area contributed by atoms with Crippen LogP contribution in [0.15, 0.2) is 0 Å². The van der Waals surface area contributed by atoms with E-state index in [0.29, 0.717) is 59.5 Å². The topological polar surface area (TPSA) is 64.6 Å². The lowest BCUT2D eigenvalue weighted by molar-refractivity contribution is -0.273. The smallest absolute Gasteiger partial charge is 0.163 e. The Kier molecular flexibility index (Phi) is 13.5. The van der Waals surface area contributed by atoms with Crippen molar-refractivity contribution in [2.45, 2.75) is 33.2 Å². The zero-order valence-electron chi connectivity index (χ0n) is 17.1. The molecule has 5 atom stereocenters. The zero-order chi connectivity index (χ0) is 19.2. The molecule has 0 saturated carbocycles. The fourth-order valence-corrected chi connectivity index (χ4v) is 3.35. The summed E-state index contributed by atoms with van der Waals surface area (Å²) in [4.78, 5) is 0. The Balaban J connectivity index is 2.92. The summed E-state index contributed by atoms with van der Waals surface area (Å²) in [5.41, 5.74) is 0. The number of rotatable bonds is 15. The van der Waals surface area contributed by atoms with Crippen molar-refractivity contribution in [3.63, 3.8) is 0 Å². The van der Waals surface area contributed by atoms with Gasteiger partial charge in [0.15, 0.2) is 6.29 Å². The van der Waals surface area contributed by atoms with Crippen molar-refractivity contribution >= 4 is 0 Å². The van der Waals surface area contributed by atoms with Crippen LogP contribution in [0.2, 0.25) is 0 Å². The molecule has 0 amide bonds. The Hall–Kier alpha value is -0.280. The van der Waals surface area contributed by atoms with E-state index in [0.717, 1.165) is 0 Å². The highest BCUT2D eigenvalue weighted by Gasteiger charge is 2.46. The maximum absolute atomic E-state index is 6.23. The van der Waals surface area contributed by atoms with E-state index in [4.69, 9.17) is 33.2 Å². The second-order valence-electron chi connectivity index (χ2n) is 6.32. The van der Waals surface area contributed by atoms with E-state index < -0.39 is 0 Å². The molecule has 1 heterocycles. The molecule has 1 fully saturated rings. The Bertz CT molecular complexity index is 329. The molecule has 1 rings (SSSR count). The van der Waals surface area contributed by atoms with Crippen LogP contribution < -0.4 is 0 Å². The number of ether oxygens (including phenoxy) is 7. The van der Waals surface area contributed by atoms with Crippen LogP contribution in [0, 0.1) is 17.8 Å². The van der Waals surface area contributed by atoms with E-state index in [1.807, 2.05) is 20.8 Å². The molecule has 1 saturated heterocycles. The third kappa shape index (κ3) is 7.76. The molecule has 0 aliphatic carbocycles. The summed E-state index contributed by atoms with van der Waals surface area (Å²) in [6.45, 7) is 11.4. The lowest BCUT2D eigenvalue weighted by atomic mass is 9.76. The van der Waals surface area contributed by atoms with E-state index in [2.05, 4.69) is 0 Å². The van der Waals surface area contributed by atoms with E-state index in [1.54, 1.807) is 14.2 Å². The first-order valence-electron chi connectivity index (χ1n) is 9.71. The zero-order valence-corrected chi connectivity index (χ0v) is 17.1. The summed E-state index contributed by atoms with van der Waals surface area (Å²) in [5.74, 6) is 0.417. The fourth-order valence-electron chi connectivity index (χ4n) is 3.35. The van der Waals surface area contributed by atoms with Crippen LogP contribution in [-0.4, -0.2) is 86.1 Å². The minimum absolute atomic E-state index is 0.0748. The van der Waals surface area contributed by atoms with E-state index in [9.17, 15) is 0 Å². The molecule has 0 aromatic heterocycles. The first-order valence-corrected chi connectivity index (χ1v) is 9.71. The molecule has 0 N–H and O–H groups in total. The van der Waals surface area contributed by atoms with Gasteiger partial charge < -0.3 is 33.2 Å². The standard InChI is InChI=1S/C19H38O7/c1-6-22-12-16-15(11-25-10-9-20-4)17(13-23-7-2)19(21-5)26-18(16)14-24-8-3/h15-19H,6-14H2,1-5H3. The summed E-state index contributed by atoms with van der Waals surface area (Å²) in [6.07, 6.45) is -0.443. The van der Waals surface area contributed by atoms with E-state index in [1.165, 1.54) is 0 Å². The van der Waals surface area contributed by atoms with Gasteiger partial charge in [0.1, 0.15) is 0 Å². The Labute approximate surface area is 158 Å². The van der Waals surface area contributed by atoms with Crippen LogP contribution >= 0.6 is 0 Å². The minimum atomic E-state index is -0.346. The molecule has 1 aliphatic rings. The van der Waals surface area contributed by atoms with Crippen molar-refractivity contribution in [3.05, 3.63) is 0 Å². The minimum Gasteiger partial charge on any atom is -0.382 e. The number of hydrogen-bond donors (Lipinski definition) is 0. The van der Waals surface area contributed by atoms with Gasteiger partial charge in [-0.05, 0) is 26.7 Å². The second kappa shape index (κ2) is 14.7. The third-order valence-corrected chi connectivity index (χ3v) is 4.73. The van der Waals surface area contributed by atoms with Crippen molar-refractivity contribution in [1.29, 1.82) is 0 Å². The Morgan fingerprint density at radius 3 is 1.81 bits per heavy atom. The Morgan fingerprint density at radius 2 is 1.23 bits per heavy atom. The molecular formula is C19H38O7. The predicted octanol–water partition coefficient (Wildman–Crippen LogP) is 1.98. The van der Waals surface area contributed by atoms with Gasteiger partial charge in [-0.15, -0.1) is 0 Å². The third-order valence-electron chi connectivity index (χ3n) is 4.73. The van der Waals surface area contributed by atoms with Crippen LogP contribution in [0.1, 0.15) is 20.8 Å². The van der Waals surface area contributed by atoms with E-state index in [-0.39, 0.29) is 30.1 Å². The monoisotopic (exact) mass is 378 g/mol. The van der Waals surface area contributed by atoms with Gasteiger partial charge in [-0.3, -0.25) is 0 Å². The van der Waals surface area contributed by atoms with Gasteiger partial charge in [0.05, 0.1) is 45.7 Å². The number of methoxy groups -OCH3 is 2. The molecule has 7 nitrogen and oxygen atoms in total. The normalized spacial score (nSPS) is 29.2. The first kappa shape index (κ1) is 23.8. The quantitative estimate of drug-likeness (QED) is 0.404. The lowest BCUT2D eigenvalue weighted by Gasteiger charge is -2.46. The molecule has 26 heavy (non-hydrogen) atoms. The molecule has 156 valence electrons. The van der Waals surface area contributed by atoms with Crippen molar-refractivity contribution in [3.8, 4) is 0 Å². The molecule has 0 aromatic rings. The van der Waals surface area contributed by atoms with Gasteiger partial charge in [-0.2, -0.15) is 0 Å². The fraction of sp³-hybridized carbons (Fsp3) is 1.00. The molecule has 0 aromatic carbocycles. The summed E-state index contributed by atoms with van der Waals surface area (Å²) < 4.78 is 40.0. The first-order chi connectivity index (χ1) is 12.7. The SMILES string of the molecule is CCOCC1OC(OC)C(COCC)C(COCCOC)C1COCC. The van der Waals surface area contributed by atoms with E-state index >= 15 is 0 Å². The highest BCUT2D eigenvalue weighted by molar-refractivity contribution is 4.89. The average Bonchev–Trinajstić information content (AvgIpc) is 2.66. The molecule has 0 radical (unpaired) electrons. The van der Waals surface area contributed by atoms with Gasteiger partial charge >= 0.3 is 0 Å². The summed E-state index contributed by atoms with van der Waals surface area (Å²) in [7, 11) is 3.35. The Morgan fingerprint density at radius 1 is 0.654 bits per heavy atom. The van der Waals surface area contributed by atoms with Crippen molar-refractivity contribution < 1.29 is 33.2 Å². The van der Waals surface area contributed by atoms with Gasteiger partial charge in [0.25, 0.3) is 0 Å². The summed E-state index contributed by atoms with van der Waals surface area (Å²) >= 11 is 0. The molecule has 7 heteroatoms. The van der Waals surface area contributed by atoms with Crippen LogP contribution in [0.25, 0.3) is 0 Å². The van der Waals surface area contributed by atoms with Crippen LogP contribution in [-0.2, 0) is 33.2 Å². The van der Waals surface area contributed by atoms with Gasteiger partial charge in [0.2, 0.25) is 0 Å². The van der Waals surface area contributed by atoms with Gasteiger partial charge in [-0.25, -0.2) is 0 Å². The highest BCUT2D eigenvalue weighted by Crippen LogP contribution is 2.37. The molecular weight excluding hydrogens is 340 g/mol. The van der Waals surface area contributed by atoms with Crippen molar-refractivity contribution in [2.24, 2.45) is 17.8 Å². The summed E-state index contributed by atoms with van der Waals surface area (Å²) in [5, 5.41) is 0. The maximum atomic E-state index is 6.23. The van der Waals surface area contributed by atoms with Crippen LogP contribution in [0.5, 0.6) is 0 Å². The summed E-state index contributed by atoms with van der Waals surface area (Å²) in [6, 6.07) is 0. The van der Waals surface area contributed by atoms with Crippen molar-refractivity contribution in [1.82, 2.24) is 0 Å². The van der Waals surface area contributed by atoms with Crippen LogP contribution in [0.4, 0.5) is 0 Å². The average molecular weight is 379 g/mol. The van der Waals surface area contributed by atoms with Crippen LogP contribution in [0.3, 0.4) is 0 Å². The van der Waals surface area contributed by atoms with Crippen molar-refractivity contribution in [2.75, 3.05) is 73.7 Å². The highest BCUT2D eigenvalue weighted by atomic mass is 16.7. The molecule has 0 bridgehead atoms. The number of hydrogen-bond acceptors (Lipinski definition) is 7.